The molecule has 0 bridgehead atoms. The molecule has 1 unspecified atom stereocenters. The average Bonchev–Trinajstić information content (AvgIpc) is 2.53. The van der Waals surface area contributed by atoms with Gasteiger partial charge in [-0.3, -0.25) is 0 Å². The zero-order valence-corrected chi connectivity index (χ0v) is 17.5. The minimum absolute atomic E-state index is 0.132. The monoisotopic (exact) mass is 359 g/mol. The molecule has 0 amide bonds. The molecule has 0 aromatic heterocycles. The molecule has 0 aliphatic carbocycles. The molecule has 0 radical (unpaired) electrons. The molecule has 1 atom stereocenters. The molecule has 0 saturated heterocycles. The molecular formula is C20H45N3O2. The van der Waals surface area contributed by atoms with Crippen LogP contribution in [0.15, 0.2) is 0 Å². The fourth-order valence-electron chi connectivity index (χ4n) is 3.85. The lowest BCUT2D eigenvalue weighted by Gasteiger charge is -2.48. The van der Waals surface area contributed by atoms with Gasteiger partial charge in [-0.05, 0) is 46.5 Å². The zero-order valence-electron chi connectivity index (χ0n) is 17.5. The van der Waals surface area contributed by atoms with Gasteiger partial charge in [0.25, 0.3) is 0 Å². The second-order valence-corrected chi connectivity index (χ2v) is 7.58. The standard InChI is InChI=1S/C20H45N3O2/c1-6-10-11-12-13-14-15-19(7-2,16-17-20(21,22)23)18(5,24-8-3)25-9-4/h6-17,21-23H2,1-5H3. The Morgan fingerprint density at radius 2 is 1.20 bits per heavy atom. The van der Waals surface area contributed by atoms with E-state index < -0.39 is 11.6 Å². The Hall–Kier alpha value is -0.200. The van der Waals surface area contributed by atoms with Crippen LogP contribution >= 0.6 is 0 Å². The Balaban J connectivity index is 5.15. The van der Waals surface area contributed by atoms with Gasteiger partial charge < -0.3 is 26.7 Å². The van der Waals surface area contributed by atoms with Crippen LogP contribution in [0.1, 0.15) is 98.8 Å². The molecule has 0 aromatic rings. The van der Waals surface area contributed by atoms with Crippen LogP contribution in [-0.4, -0.2) is 24.8 Å². The van der Waals surface area contributed by atoms with Crippen molar-refractivity contribution in [1.29, 1.82) is 0 Å². The molecule has 0 aliphatic heterocycles. The molecule has 152 valence electrons. The Morgan fingerprint density at radius 1 is 0.680 bits per heavy atom. The van der Waals surface area contributed by atoms with Crippen molar-refractivity contribution in [2.24, 2.45) is 22.6 Å². The van der Waals surface area contributed by atoms with Crippen LogP contribution in [0.25, 0.3) is 0 Å². The van der Waals surface area contributed by atoms with Crippen molar-refractivity contribution in [2.75, 3.05) is 13.2 Å². The summed E-state index contributed by atoms with van der Waals surface area (Å²) in [6.07, 6.45) is 11.0. The Kier molecular flexibility index (Phi) is 12.1. The maximum atomic E-state index is 6.14. The van der Waals surface area contributed by atoms with Crippen molar-refractivity contribution in [1.82, 2.24) is 0 Å². The molecule has 5 nitrogen and oxygen atoms in total. The second kappa shape index (κ2) is 12.2. The van der Waals surface area contributed by atoms with Crippen LogP contribution in [0.4, 0.5) is 0 Å². The maximum absolute atomic E-state index is 6.14. The first-order valence-electron chi connectivity index (χ1n) is 10.3. The van der Waals surface area contributed by atoms with E-state index in [9.17, 15) is 0 Å². The highest BCUT2D eigenvalue weighted by Crippen LogP contribution is 2.47. The fraction of sp³-hybridized carbons (Fsp3) is 1.00. The summed E-state index contributed by atoms with van der Waals surface area (Å²) in [5, 5.41) is 0. The van der Waals surface area contributed by atoms with E-state index in [2.05, 4.69) is 20.8 Å². The number of rotatable bonds is 16. The van der Waals surface area contributed by atoms with E-state index in [4.69, 9.17) is 26.7 Å². The first kappa shape index (κ1) is 24.8. The first-order valence-corrected chi connectivity index (χ1v) is 10.3. The molecule has 0 fully saturated rings. The van der Waals surface area contributed by atoms with Gasteiger partial charge in [0.2, 0.25) is 0 Å². The molecule has 5 heteroatoms. The Morgan fingerprint density at radius 3 is 1.64 bits per heavy atom. The van der Waals surface area contributed by atoms with Crippen LogP contribution in [-0.2, 0) is 9.47 Å². The van der Waals surface area contributed by atoms with Gasteiger partial charge in [-0.15, -0.1) is 0 Å². The van der Waals surface area contributed by atoms with Crippen molar-refractivity contribution >= 4 is 0 Å². The number of hydrogen-bond donors (Lipinski definition) is 3. The molecule has 0 saturated carbocycles. The van der Waals surface area contributed by atoms with Gasteiger partial charge in [0.1, 0.15) is 5.79 Å². The molecule has 0 spiro atoms. The summed E-state index contributed by atoms with van der Waals surface area (Å²) < 4.78 is 12.3. The Labute approximate surface area is 156 Å². The lowest BCUT2D eigenvalue weighted by molar-refractivity contribution is -0.292. The topological polar surface area (TPSA) is 96.5 Å². The minimum Gasteiger partial charge on any atom is -0.350 e. The van der Waals surface area contributed by atoms with Crippen LogP contribution in [0, 0.1) is 5.41 Å². The predicted molar refractivity (Wildman–Crippen MR) is 107 cm³/mol. The van der Waals surface area contributed by atoms with Crippen molar-refractivity contribution in [3.05, 3.63) is 0 Å². The van der Waals surface area contributed by atoms with Crippen molar-refractivity contribution in [3.8, 4) is 0 Å². The molecule has 6 N–H and O–H groups in total. The molecule has 0 heterocycles. The summed E-state index contributed by atoms with van der Waals surface area (Å²) in [7, 11) is 0. The molecular weight excluding hydrogens is 314 g/mol. The van der Waals surface area contributed by atoms with E-state index in [1.54, 1.807) is 0 Å². The van der Waals surface area contributed by atoms with E-state index in [0.29, 0.717) is 19.6 Å². The van der Waals surface area contributed by atoms with E-state index >= 15 is 0 Å². The molecule has 0 aromatic carbocycles. The molecule has 0 aliphatic rings. The lowest BCUT2D eigenvalue weighted by Crippen LogP contribution is -2.59. The maximum Gasteiger partial charge on any atom is 0.170 e. The highest BCUT2D eigenvalue weighted by molar-refractivity contribution is 4.92. The van der Waals surface area contributed by atoms with E-state index in [-0.39, 0.29) is 5.41 Å². The molecule has 0 rings (SSSR count). The highest BCUT2D eigenvalue weighted by atomic mass is 16.7. The number of unbranched alkanes of at least 4 members (excludes halogenated alkanes) is 5. The van der Waals surface area contributed by atoms with Gasteiger partial charge in [0.15, 0.2) is 5.79 Å². The summed E-state index contributed by atoms with van der Waals surface area (Å²) in [5.74, 6) is -1.79. The molecule has 25 heavy (non-hydrogen) atoms. The quantitative estimate of drug-likeness (QED) is 0.283. The summed E-state index contributed by atoms with van der Waals surface area (Å²) in [4.78, 5) is 0. The SMILES string of the molecule is CCCCCCCCC(CC)(CCC(N)(N)N)C(C)(OCC)OCC. The normalized spacial score (nSPS) is 15.4. The van der Waals surface area contributed by atoms with Crippen LogP contribution in [0.5, 0.6) is 0 Å². The van der Waals surface area contributed by atoms with Gasteiger partial charge >= 0.3 is 0 Å². The van der Waals surface area contributed by atoms with E-state index in [1.165, 1.54) is 38.5 Å². The van der Waals surface area contributed by atoms with Gasteiger partial charge in [-0.25, -0.2) is 0 Å². The summed E-state index contributed by atoms with van der Waals surface area (Å²) in [5.41, 5.74) is 17.5. The Bertz CT molecular complexity index is 325. The third kappa shape index (κ3) is 8.83. The van der Waals surface area contributed by atoms with E-state index in [0.717, 1.165) is 19.3 Å². The number of hydrogen-bond acceptors (Lipinski definition) is 5. The van der Waals surface area contributed by atoms with Crippen molar-refractivity contribution in [2.45, 2.75) is 110 Å². The number of ether oxygens (including phenoxy) is 2. The minimum atomic E-state index is -1.15. The van der Waals surface area contributed by atoms with Crippen molar-refractivity contribution < 1.29 is 9.47 Å². The van der Waals surface area contributed by atoms with Gasteiger partial charge in [0, 0.05) is 18.6 Å². The van der Waals surface area contributed by atoms with Crippen LogP contribution in [0.3, 0.4) is 0 Å². The van der Waals surface area contributed by atoms with Gasteiger partial charge in [-0.2, -0.15) is 0 Å². The third-order valence-corrected chi connectivity index (χ3v) is 5.53. The summed E-state index contributed by atoms with van der Waals surface area (Å²) in [6.45, 7) is 11.8. The zero-order chi connectivity index (χ0) is 19.4. The average molecular weight is 360 g/mol. The van der Waals surface area contributed by atoms with Gasteiger partial charge in [0.05, 0.1) is 0 Å². The fourth-order valence-corrected chi connectivity index (χ4v) is 3.85. The van der Waals surface area contributed by atoms with Gasteiger partial charge in [-0.1, -0.05) is 52.4 Å². The van der Waals surface area contributed by atoms with Crippen LogP contribution < -0.4 is 17.2 Å². The second-order valence-electron chi connectivity index (χ2n) is 7.58. The highest BCUT2D eigenvalue weighted by Gasteiger charge is 2.48. The third-order valence-electron chi connectivity index (χ3n) is 5.53. The largest absolute Gasteiger partial charge is 0.350 e. The summed E-state index contributed by atoms with van der Waals surface area (Å²) in [6, 6.07) is 0. The van der Waals surface area contributed by atoms with Crippen molar-refractivity contribution in [3.63, 3.8) is 0 Å². The summed E-state index contributed by atoms with van der Waals surface area (Å²) >= 11 is 0. The lowest BCUT2D eigenvalue weighted by atomic mass is 9.69. The van der Waals surface area contributed by atoms with Crippen LogP contribution in [0.2, 0.25) is 0 Å². The van der Waals surface area contributed by atoms with E-state index in [1.807, 2.05) is 13.8 Å². The predicted octanol–water partition coefficient (Wildman–Crippen LogP) is 4.23. The smallest absolute Gasteiger partial charge is 0.170 e. The number of nitrogens with two attached hydrogens (primary N) is 3. The first-order chi connectivity index (χ1) is 11.7.